The Labute approximate surface area is 185 Å². The Morgan fingerprint density at radius 2 is 1.79 bits per heavy atom. The monoisotopic (exact) mass is 498 g/mol. The lowest BCUT2D eigenvalue weighted by atomic mass is 10.1. The summed E-state index contributed by atoms with van der Waals surface area (Å²) >= 11 is 0. The lowest BCUT2D eigenvalue weighted by Crippen LogP contribution is -2.38. The van der Waals surface area contributed by atoms with E-state index in [-0.39, 0.29) is 24.0 Å². The molecule has 0 saturated carbocycles. The Bertz CT molecular complexity index is 764. The number of aliphatic imine (C=N–C) groups is 1. The number of rotatable bonds is 8. The van der Waals surface area contributed by atoms with Crippen LogP contribution in [-0.4, -0.2) is 38.3 Å². The van der Waals surface area contributed by atoms with Crippen molar-refractivity contribution in [1.82, 2.24) is 15.6 Å². The van der Waals surface area contributed by atoms with Crippen LogP contribution in [0.25, 0.3) is 0 Å². The normalized spacial score (nSPS) is 10.8. The molecule has 0 saturated heterocycles. The summed E-state index contributed by atoms with van der Waals surface area (Å²) in [5, 5.41) is 6.65. The Morgan fingerprint density at radius 1 is 1.07 bits per heavy atom. The van der Waals surface area contributed by atoms with Gasteiger partial charge in [-0.3, -0.25) is 4.98 Å². The second kappa shape index (κ2) is 12.4. The zero-order chi connectivity index (χ0) is 19.6. The number of ether oxygens (including phenoxy) is 2. The number of nitrogens with one attached hydrogen (secondary N) is 2. The Morgan fingerprint density at radius 3 is 2.39 bits per heavy atom. The molecule has 2 rings (SSSR count). The maximum Gasteiger partial charge on any atom is 0.191 e. The van der Waals surface area contributed by atoms with E-state index in [2.05, 4.69) is 39.7 Å². The second-order valence-electron chi connectivity index (χ2n) is 6.27. The molecule has 6 nitrogen and oxygen atoms in total. The van der Waals surface area contributed by atoms with E-state index in [0.29, 0.717) is 6.54 Å². The SMILES string of the molecule is CCNC(=NCc1ncc(C)c(OC)c1C)NCCc1ccc(OC)cc1.I. The number of methoxy groups -OCH3 is 2. The number of nitrogens with zero attached hydrogens (tertiary/aromatic N) is 2. The van der Waals surface area contributed by atoms with Gasteiger partial charge in [0.25, 0.3) is 0 Å². The molecule has 0 fully saturated rings. The van der Waals surface area contributed by atoms with Crippen LogP contribution in [-0.2, 0) is 13.0 Å². The predicted octanol–water partition coefficient (Wildman–Crippen LogP) is 3.63. The molecule has 0 atom stereocenters. The van der Waals surface area contributed by atoms with E-state index in [1.165, 1.54) is 5.56 Å². The van der Waals surface area contributed by atoms with Gasteiger partial charge in [0.1, 0.15) is 11.5 Å². The topological polar surface area (TPSA) is 67.8 Å². The molecular formula is C21H31IN4O2. The summed E-state index contributed by atoms with van der Waals surface area (Å²) in [6.07, 6.45) is 2.74. The van der Waals surface area contributed by atoms with Crippen molar-refractivity contribution in [2.24, 2.45) is 4.99 Å². The van der Waals surface area contributed by atoms with Gasteiger partial charge in [-0.1, -0.05) is 12.1 Å². The third kappa shape index (κ3) is 6.85. The van der Waals surface area contributed by atoms with Gasteiger partial charge in [-0.25, -0.2) is 4.99 Å². The van der Waals surface area contributed by atoms with Crippen molar-refractivity contribution in [3.05, 3.63) is 52.8 Å². The van der Waals surface area contributed by atoms with Crippen molar-refractivity contribution in [2.75, 3.05) is 27.3 Å². The first-order valence-corrected chi connectivity index (χ1v) is 9.23. The highest BCUT2D eigenvalue weighted by Gasteiger charge is 2.09. The van der Waals surface area contributed by atoms with Gasteiger partial charge in [0.15, 0.2) is 5.96 Å². The molecule has 7 heteroatoms. The molecule has 2 N–H and O–H groups in total. The van der Waals surface area contributed by atoms with Crippen molar-refractivity contribution < 1.29 is 9.47 Å². The molecule has 1 heterocycles. The van der Waals surface area contributed by atoms with Crippen LogP contribution < -0.4 is 20.1 Å². The third-order valence-corrected chi connectivity index (χ3v) is 4.35. The van der Waals surface area contributed by atoms with Gasteiger partial charge in [0, 0.05) is 30.4 Å². The number of pyridine rings is 1. The fraction of sp³-hybridized carbons (Fsp3) is 0.429. The number of guanidine groups is 1. The number of halogens is 1. The molecule has 1 aromatic heterocycles. The van der Waals surface area contributed by atoms with E-state index < -0.39 is 0 Å². The molecule has 0 aliphatic heterocycles. The average Bonchev–Trinajstić information content (AvgIpc) is 2.68. The van der Waals surface area contributed by atoms with Gasteiger partial charge in [-0.2, -0.15) is 0 Å². The Hall–Kier alpha value is -2.03. The molecule has 1 aromatic carbocycles. The van der Waals surface area contributed by atoms with Crippen LogP contribution in [0.15, 0.2) is 35.5 Å². The highest BCUT2D eigenvalue weighted by Crippen LogP contribution is 2.24. The largest absolute Gasteiger partial charge is 0.497 e. The maximum absolute atomic E-state index is 5.47. The van der Waals surface area contributed by atoms with Gasteiger partial charge in [0.2, 0.25) is 0 Å². The second-order valence-corrected chi connectivity index (χ2v) is 6.27. The molecule has 154 valence electrons. The molecule has 2 aromatic rings. The minimum Gasteiger partial charge on any atom is -0.497 e. The van der Waals surface area contributed by atoms with Crippen LogP contribution in [0, 0.1) is 13.8 Å². The molecule has 0 spiro atoms. The van der Waals surface area contributed by atoms with Crippen LogP contribution in [0.1, 0.15) is 29.3 Å². The number of aromatic nitrogens is 1. The summed E-state index contributed by atoms with van der Waals surface area (Å²) < 4.78 is 10.7. The van der Waals surface area contributed by atoms with E-state index in [9.17, 15) is 0 Å². The van der Waals surface area contributed by atoms with Crippen LogP contribution in [0.2, 0.25) is 0 Å². The number of hydrogen-bond acceptors (Lipinski definition) is 4. The predicted molar refractivity (Wildman–Crippen MR) is 125 cm³/mol. The van der Waals surface area contributed by atoms with E-state index in [1.807, 2.05) is 32.2 Å². The maximum atomic E-state index is 5.47. The van der Waals surface area contributed by atoms with Gasteiger partial charge in [-0.05, 0) is 44.9 Å². The Balaban J connectivity index is 0.00000392. The van der Waals surface area contributed by atoms with Crippen molar-refractivity contribution in [2.45, 2.75) is 33.7 Å². The minimum absolute atomic E-state index is 0. The molecule has 0 amide bonds. The van der Waals surface area contributed by atoms with E-state index in [4.69, 9.17) is 9.47 Å². The van der Waals surface area contributed by atoms with Gasteiger partial charge >= 0.3 is 0 Å². The standard InChI is InChI=1S/C21H30N4O2.HI/c1-6-22-21(23-12-11-17-7-9-18(26-4)10-8-17)25-14-19-16(3)20(27-5)15(2)13-24-19;/h7-10,13H,6,11-12,14H2,1-5H3,(H2,22,23,25);1H. The zero-order valence-corrected chi connectivity index (χ0v) is 19.7. The highest BCUT2D eigenvalue weighted by molar-refractivity contribution is 14.0. The van der Waals surface area contributed by atoms with Crippen LogP contribution >= 0.6 is 24.0 Å². The fourth-order valence-electron chi connectivity index (χ4n) is 2.84. The third-order valence-electron chi connectivity index (χ3n) is 4.35. The number of hydrogen-bond donors (Lipinski definition) is 2. The summed E-state index contributed by atoms with van der Waals surface area (Å²) in [4.78, 5) is 9.17. The molecule has 0 bridgehead atoms. The van der Waals surface area contributed by atoms with Crippen molar-refractivity contribution in [3.8, 4) is 11.5 Å². The quantitative estimate of drug-likeness (QED) is 0.331. The van der Waals surface area contributed by atoms with Crippen molar-refractivity contribution in [1.29, 1.82) is 0 Å². The first-order chi connectivity index (χ1) is 13.1. The van der Waals surface area contributed by atoms with E-state index in [0.717, 1.165) is 53.8 Å². The summed E-state index contributed by atoms with van der Waals surface area (Å²) in [5.41, 5.74) is 4.24. The smallest absolute Gasteiger partial charge is 0.191 e. The molecular weight excluding hydrogens is 467 g/mol. The van der Waals surface area contributed by atoms with E-state index >= 15 is 0 Å². The fourth-order valence-corrected chi connectivity index (χ4v) is 2.84. The number of benzene rings is 1. The summed E-state index contributed by atoms with van der Waals surface area (Å²) in [5.74, 6) is 2.54. The van der Waals surface area contributed by atoms with Crippen LogP contribution in [0.4, 0.5) is 0 Å². The van der Waals surface area contributed by atoms with Gasteiger partial charge in [-0.15, -0.1) is 24.0 Å². The molecule has 0 unspecified atom stereocenters. The highest BCUT2D eigenvalue weighted by atomic mass is 127. The van der Waals surface area contributed by atoms with Gasteiger partial charge in [0.05, 0.1) is 26.5 Å². The molecule has 0 aliphatic carbocycles. The first kappa shape index (κ1) is 24.0. The van der Waals surface area contributed by atoms with Crippen molar-refractivity contribution in [3.63, 3.8) is 0 Å². The zero-order valence-electron chi connectivity index (χ0n) is 17.3. The minimum atomic E-state index is 0. The lowest BCUT2D eigenvalue weighted by Gasteiger charge is -2.13. The molecule has 0 aliphatic rings. The lowest BCUT2D eigenvalue weighted by molar-refractivity contribution is 0.407. The Kier molecular flexibility index (Phi) is 10.7. The first-order valence-electron chi connectivity index (χ1n) is 9.23. The summed E-state index contributed by atoms with van der Waals surface area (Å²) in [7, 11) is 3.36. The van der Waals surface area contributed by atoms with Crippen LogP contribution in [0.5, 0.6) is 11.5 Å². The molecule has 28 heavy (non-hydrogen) atoms. The van der Waals surface area contributed by atoms with Gasteiger partial charge < -0.3 is 20.1 Å². The van der Waals surface area contributed by atoms with E-state index in [1.54, 1.807) is 14.2 Å². The van der Waals surface area contributed by atoms with Crippen LogP contribution in [0.3, 0.4) is 0 Å². The summed E-state index contributed by atoms with van der Waals surface area (Å²) in [6.45, 7) is 8.17. The molecule has 0 radical (unpaired) electrons. The average molecular weight is 498 g/mol. The number of aryl methyl sites for hydroxylation is 1. The summed E-state index contributed by atoms with van der Waals surface area (Å²) in [6, 6.07) is 8.12. The van der Waals surface area contributed by atoms with Crippen molar-refractivity contribution >= 4 is 29.9 Å².